The molecular formula is C33H35ClF3N7O2. The van der Waals surface area contributed by atoms with Crippen LogP contribution >= 0.6 is 11.6 Å². The average Bonchev–Trinajstić information content (AvgIpc) is 3.46. The van der Waals surface area contributed by atoms with Gasteiger partial charge in [-0.05, 0) is 50.4 Å². The van der Waals surface area contributed by atoms with Crippen LogP contribution in [0.25, 0.3) is 10.8 Å². The fourth-order valence-electron chi connectivity index (χ4n) is 6.71. The van der Waals surface area contributed by atoms with Crippen LogP contribution in [0.4, 0.5) is 24.7 Å². The van der Waals surface area contributed by atoms with Gasteiger partial charge in [0.2, 0.25) is 0 Å². The summed E-state index contributed by atoms with van der Waals surface area (Å²) in [4.78, 5) is 30.1. The molecule has 3 aliphatic rings. The van der Waals surface area contributed by atoms with Crippen LogP contribution in [0.1, 0.15) is 30.5 Å². The average molecular weight is 654 g/mol. The highest BCUT2D eigenvalue weighted by Crippen LogP contribution is 2.38. The van der Waals surface area contributed by atoms with Gasteiger partial charge in [-0.3, -0.25) is 4.79 Å². The molecule has 2 saturated heterocycles. The Morgan fingerprint density at radius 3 is 2.61 bits per heavy atom. The van der Waals surface area contributed by atoms with E-state index < -0.39 is 23.7 Å². The van der Waals surface area contributed by atoms with Crippen LogP contribution in [-0.4, -0.2) is 90.3 Å². The standard InChI is InChI=1S/C33H35ClF3N7O2/c1-21(33(35,36)37)31(45)44-17-16-43(18-23(44)11-13-38)30-25-12-15-42(28-10-4-7-22-6-3-9-26(34)29(22)28)19-27(25)39-32(40-30)46-20-24-8-5-14-41(24)2/h3-4,6-7,9-10,23-24H,1,5,8,11-12,14-20H2,2H3/t23-,24?/m0/s1. The van der Waals surface area contributed by atoms with E-state index in [1.54, 1.807) is 0 Å². The smallest absolute Gasteiger partial charge is 0.421 e. The summed E-state index contributed by atoms with van der Waals surface area (Å²) in [5, 5.41) is 12.2. The lowest BCUT2D eigenvalue weighted by Crippen LogP contribution is -2.56. The Morgan fingerprint density at radius 2 is 1.89 bits per heavy atom. The highest BCUT2D eigenvalue weighted by molar-refractivity contribution is 6.36. The van der Waals surface area contributed by atoms with E-state index in [1.807, 2.05) is 47.4 Å². The number of ether oxygens (including phenoxy) is 1. The number of nitriles is 1. The number of benzene rings is 2. The summed E-state index contributed by atoms with van der Waals surface area (Å²) in [5.74, 6) is -0.578. The number of carbonyl (C=O) groups is 1. The van der Waals surface area contributed by atoms with E-state index in [-0.39, 0.29) is 38.1 Å². The minimum atomic E-state index is -4.85. The lowest BCUT2D eigenvalue weighted by atomic mass is 10.0. The third kappa shape index (κ3) is 6.31. The third-order valence-corrected chi connectivity index (χ3v) is 9.56. The first-order valence-electron chi connectivity index (χ1n) is 15.4. The minimum Gasteiger partial charge on any atom is -0.462 e. The molecule has 13 heteroatoms. The van der Waals surface area contributed by atoms with Crippen LogP contribution < -0.4 is 14.5 Å². The Labute approximate surface area is 270 Å². The number of fused-ring (bicyclic) bond motifs is 2. The first kappa shape index (κ1) is 31.9. The van der Waals surface area contributed by atoms with Crippen molar-refractivity contribution in [1.82, 2.24) is 19.8 Å². The molecule has 0 radical (unpaired) electrons. The molecule has 0 aliphatic carbocycles. The quantitative estimate of drug-likeness (QED) is 0.315. The molecule has 0 bridgehead atoms. The van der Waals surface area contributed by atoms with Gasteiger partial charge >= 0.3 is 12.2 Å². The molecule has 1 amide bonds. The van der Waals surface area contributed by atoms with Crippen LogP contribution in [0.2, 0.25) is 5.02 Å². The molecule has 1 unspecified atom stereocenters. The number of anilines is 2. The van der Waals surface area contributed by atoms with Gasteiger partial charge in [0.05, 0.1) is 35.8 Å². The van der Waals surface area contributed by atoms with E-state index in [9.17, 15) is 23.2 Å². The summed E-state index contributed by atoms with van der Waals surface area (Å²) in [6.07, 6.45) is -2.28. The predicted octanol–water partition coefficient (Wildman–Crippen LogP) is 5.37. The number of piperazine rings is 1. The normalized spacial score (nSPS) is 20.5. The number of halogens is 4. The Balaban J connectivity index is 1.32. The number of rotatable bonds is 7. The monoisotopic (exact) mass is 653 g/mol. The van der Waals surface area contributed by atoms with Crippen LogP contribution in [0, 0.1) is 11.3 Å². The lowest BCUT2D eigenvalue weighted by molar-refractivity contribution is -0.141. The second-order valence-electron chi connectivity index (χ2n) is 12.1. The van der Waals surface area contributed by atoms with Gasteiger partial charge in [-0.2, -0.15) is 28.4 Å². The van der Waals surface area contributed by atoms with E-state index in [0.29, 0.717) is 37.0 Å². The lowest BCUT2D eigenvalue weighted by Gasteiger charge is -2.42. The molecule has 3 aliphatic heterocycles. The zero-order valence-electron chi connectivity index (χ0n) is 25.6. The highest BCUT2D eigenvalue weighted by atomic mass is 35.5. The SMILES string of the molecule is C=C(C(=O)N1CCN(c2nc(OCC3CCCN3C)nc3c2CCN(c2cccc4cccc(Cl)c24)C3)C[C@@H]1CC#N)C(F)(F)F. The molecule has 0 saturated carbocycles. The first-order valence-corrected chi connectivity index (χ1v) is 15.8. The maximum Gasteiger partial charge on any atom is 0.421 e. The summed E-state index contributed by atoms with van der Waals surface area (Å²) < 4.78 is 46.2. The van der Waals surface area contributed by atoms with Crippen molar-refractivity contribution in [3.05, 3.63) is 64.8 Å². The maximum absolute atomic E-state index is 13.3. The summed E-state index contributed by atoms with van der Waals surface area (Å²) in [6.45, 7) is 5.91. The summed E-state index contributed by atoms with van der Waals surface area (Å²) in [6, 6.07) is 13.7. The Bertz CT molecular complexity index is 1690. The number of hydrogen-bond donors (Lipinski definition) is 0. The van der Waals surface area contributed by atoms with Crippen LogP contribution in [-0.2, 0) is 17.8 Å². The van der Waals surface area contributed by atoms with Crippen molar-refractivity contribution >= 4 is 39.8 Å². The number of hydrogen-bond acceptors (Lipinski definition) is 8. The number of likely N-dealkylation sites (tertiary alicyclic amines) is 1. The number of amides is 1. The van der Waals surface area contributed by atoms with Crippen molar-refractivity contribution in [2.24, 2.45) is 0 Å². The number of likely N-dealkylation sites (N-methyl/N-ethyl adjacent to an activating group) is 1. The molecule has 242 valence electrons. The molecule has 2 atom stereocenters. The molecule has 0 N–H and O–H groups in total. The molecule has 4 heterocycles. The van der Waals surface area contributed by atoms with E-state index in [0.717, 1.165) is 52.0 Å². The molecular weight excluding hydrogens is 619 g/mol. The highest BCUT2D eigenvalue weighted by Gasteiger charge is 2.42. The molecule has 0 spiro atoms. The van der Waals surface area contributed by atoms with Gasteiger partial charge in [0.15, 0.2) is 0 Å². The van der Waals surface area contributed by atoms with E-state index in [4.69, 9.17) is 26.3 Å². The zero-order valence-corrected chi connectivity index (χ0v) is 26.3. The number of carbonyl (C=O) groups excluding carboxylic acids is 1. The van der Waals surface area contributed by atoms with Crippen molar-refractivity contribution in [2.75, 3.05) is 56.2 Å². The molecule has 9 nitrogen and oxygen atoms in total. The summed E-state index contributed by atoms with van der Waals surface area (Å²) in [5.41, 5.74) is 1.26. The van der Waals surface area contributed by atoms with Crippen LogP contribution in [0.15, 0.2) is 48.6 Å². The van der Waals surface area contributed by atoms with Gasteiger partial charge in [-0.25, -0.2) is 0 Å². The van der Waals surface area contributed by atoms with Crippen LogP contribution in [0.3, 0.4) is 0 Å². The van der Waals surface area contributed by atoms with E-state index in [1.165, 1.54) is 0 Å². The number of alkyl halides is 3. The topological polar surface area (TPSA) is 88.8 Å². The van der Waals surface area contributed by atoms with Crippen molar-refractivity contribution in [3.8, 4) is 12.1 Å². The van der Waals surface area contributed by atoms with E-state index >= 15 is 0 Å². The van der Waals surface area contributed by atoms with E-state index in [2.05, 4.69) is 23.4 Å². The van der Waals surface area contributed by atoms with Gasteiger partial charge in [-0.1, -0.05) is 42.4 Å². The van der Waals surface area contributed by atoms with Crippen LogP contribution in [0.5, 0.6) is 6.01 Å². The van der Waals surface area contributed by atoms with Crippen molar-refractivity contribution in [2.45, 2.75) is 50.5 Å². The zero-order chi connectivity index (χ0) is 32.6. The fourth-order valence-corrected chi connectivity index (χ4v) is 6.99. The van der Waals surface area contributed by atoms with Crippen molar-refractivity contribution in [1.29, 1.82) is 5.26 Å². The van der Waals surface area contributed by atoms with Crippen molar-refractivity contribution in [3.63, 3.8) is 0 Å². The Morgan fingerprint density at radius 1 is 1.11 bits per heavy atom. The molecule has 2 aromatic carbocycles. The summed E-state index contributed by atoms with van der Waals surface area (Å²) in [7, 11) is 2.07. The van der Waals surface area contributed by atoms with Crippen molar-refractivity contribution < 1.29 is 22.7 Å². The fraction of sp³-hybridized carbons (Fsp3) is 0.455. The van der Waals surface area contributed by atoms with Gasteiger partial charge in [0.1, 0.15) is 18.0 Å². The predicted molar refractivity (Wildman–Crippen MR) is 170 cm³/mol. The number of aromatic nitrogens is 2. The minimum absolute atomic E-state index is 0.0112. The molecule has 2 fully saturated rings. The molecule has 1 aromatic heterocycles. The molecule has 46 heavy (non-hydrogen) atoms. The van der Waals surface area contributed by atoms with Gasteiger partial charge in [0.25, 0.3) is 5.91 Å². The largest absolute Gasteiger partial charge is 0.462 e. The van der Waals surface area contributed by atoms with Gasteiger partial charge in [0, 0.05) is 48.9 Å². The Hall–Kier alpha value is -4.08. The third-order valence-electron chi connectivity index (χ3n) is 9.24. The first-order chi connectivity index (χ1) is 22.0. The summed E-state index contributed by atoms with van der Waals surface area (Å²) >= 11 is 6.67. The Kier molecular flexibility index (Phi) is 8.99. The maximum atomic E-state index is 13.3. The second kappa shape index (κ2) is 13.0. The van der Waals surface area contributed by atoms with Gasteiger partial charge in [-0.15, -0.1) is 0 Å². The molecule has 6 rings (SSSR count). The second-order valence-corrected chi connectivity index (χ2v) is 12.5. The van der Waals surface area contributed by atoms with Gasteiger partial charge < -0.3 is 24.3 Å². The number of nitrogens with zero attached hydrogens (tertiary/aromatic N) is 7. The molecule has 3 aromatic rings.